The first-order valence-electron chi connectivity index (χ1n) is 9.79. The lowest BCUT2D eigenvalue weighted by Gasteiger charge is -2.31. The molecular formula is C21H26N6O2. The van der Waals surface area contributed by atoms with Crippen molar-refractivity contribution in [3.63, 3.8) is 0 Å². The topological polar surface area (TPSA) is 89.1 Å². The van der Waals surface area contributed by atoms with Crippen molar-refractivity contribution in [1.82, 2.24) is 30.1 Å². The molecule has 2 amide bonds. The highest BCUT2D eigenvalue weighted by atomic mass is 16.5. The maximum absolute atomic E-state index is 12.6. The SMILES string of the molecule is Cn1nc(-c2nc(Cc3ccccc3)no2)c2c1CCN(C(=O)NC(C)(C)C)C2. The van der Waals surface area contributed by atoms with E-state index in [1.165, 1.54) is 0 Å². The summed E-state index contributed by atoms with van der Waals surface area (Å²) in [5, 5.41) is 11.8. The van der Waals surface area contributed by atoms with Crippen molar-refractivity contribution in [3.05, 3.63) is 53.0 Å². The van der Waals surface area contributed by atoms with Crippen LogP contribution in [0.3, 0.4) is 0 Å². The largest absolute Gasteiger partial charge is 0.333 e. The molecule has 1 aliphatic heterocycles. The summed E-state index contributed by atoms with van der Waals surface area (Å²) in [5.41, 5.74) is 3.56. The van der Waals surface area contributed by atoms with Crippen LogP contribution in [-0.2, 0) is 26.4 Å². The van der Waals surface area contributed by atoms with Gasteiger partial charge in [-0.3, -0.25) is 4.68 Å². The zero-order chi connectivity index (χ0) is 20.6. The first-order valence-corrected chi connectivity index (χ1v) is 9.79. The fourth-order valence-corrected chi connectivity index (χ4v) is 3.54. The van der Waals surface area contributed by atoms with Crippen molar-refractivity contribution >= 4 is 6.03 Å². The number of amides is 2. The first kappa shape index (κ1) is 19.2. The summed E-state index contributed by atoms with van der Waals surface area (Å²) >= 11 is 0. The Morgan fingerprint density at radius 2 is 2.00 bits per heavy atom. The van der Waals surface area contributed by atoms with Crippen molar-refractivity contribution < 1.29 is 9.32 Å². The van der Waals surface area contributed by atoms with E-state index in [1.54, 1.807) is 4.90 Å². The first-order chi connectivity index (χ1) is 13.8. The molecule has 0 saturated carbocycles. The number of carbonyl (C=O) groups is 1. The van der Waals surface area contributed by atoms with Gasteiger partial charge in [0.15, 0.2) is 11.5 Å². The van der Waals surface area contributed by atoms with Gasteiger partial charge in [-0.1, -0.05) is 35.5 Å². The van der Waals surface area contributed by atoms with E-state index >= 15 is 0 Å². The summed E-state index contributed by atoms with van der Waals surface area (Å²) in [6, 6.07) is 9.95. The van der Waals surface area contributed by atoms with Crippen molar-refractivity contribution in [2.45, 2.75) is 45.7 Å². The predicted octanol–water partition coefficient (Wildman–Crippen LogP) is 2.93. The van der Waals surface area contributed by atoms with Gasteiger partial charge in [0.2, 0.25) is 0 Å². The summed E-state index contributed by atoms with van der Waals surface area (Å²) in [6.07, 6.45) is 1.33. The summed E-state index contributed by atoms with van der Waals surface area (Å²) < 4.78 is 7.37. The summed E-state index contributed by atoms with van der Waals surface area (Å²) in [6.45, 7) is 7.04. The molecule has 0 atom stereocenters. The highest BCUT2D eigenvalue weighted by molar-refractivity contribution is 5.75. The van der Waals surface area contributed by atoms with Crippen LogP contribution in [-0.4, -0.2) is 42.9 Å². The minimum atomic E-state index is -0.284. The molecule has 152 valence electrons. The van der Waals surface area contributed by atoms with Crippen LogP contribution in [0.15, 0.2) is 34.9 Å². The van der Waals surface area contributed by atoms with E-state index in [2.05, 4.69) is 20.6 Å². The third-order valence-electron chi connectivity index (χ3n) is 4.89. The molecule has 4 rings (SSSR count). The second kappa shape index (κ2) is 7.35. The van der Waals surface area contributed by atoms with Crippen LogP contribution < -0.4 is 5.32 Å². The van der Waals surface area contributed by atoms with Crippen LogP contribution in [0, 0.1) is 0 Å². The third kappa shape index (κ3) is 4.16. The number of hydrogen-bond acceptors (Lipinski definition) is 5. The molecule has 3 aromatic rings. The molecule has 3 heterocycles. The van der Waals surface area contributed by atoms with Crippen LogP contribution in [0.4, 0.5) is 4.79 Å². The summed E-state index contributed by atoms with van der Waals surface area (Å²) in [4.78, 5) is 19.0. The van der Waals surface area contributed by atoms with Gasteiger partial charge >= 0.3 is 6.03 Å². The van der Waals surface area contributed by atoms with Crippen LogP contribution in [0.25, 0.3) is 11.6 Å². The Morgan fingerprint density at radius 3 is 2.72 bits per heavy atom. The number of benzene rings is 1. The molecule has 8 nitrogen and oxygen atoms in total. The lowest BCUT2D eigenvalue weighted by molar-refractivity contribution is 0.183. The second-order valence-electron chi connectivity index (χ2n) is 8.43. The van der Waals surface area contributed by atoms with Crippen LogP contribution in [0.1, 0.15) is 43.4 Å². The fraction of sp³-hybridized carbons (Fsp3) is 0.429. The number of carbonyl (C=O) groups excluding carboxylic acids is 1. The van der Waals surface area contributed by atoms with E-state index in [0.29, 0.717) is 36.9 Å². The minimum Gasteiger partial charge on any atom is -0.333 e. The standard InChI is InChI=1S/C21H26N6O2/c1-21(2,3)23-20(28)27-11-10-16-15(13-27)18(24-26(16)4)19-22-17(25-29-19)12-14-8-6-5-7-9-14/h5-9H,10-13H2,1-4H3,(H,23,28). The molecule has 29 heavy (non-hydrogen) atoms. The zero-order valence-corrected chi connectivity index (χ0v) is 17.3. The monoisotopic (exact) mass is 394 g/mol. The number of nitrogens with one attached hydrogen (secondary N) is 1. The number of aryl methyl sites for hydroxylation is 1. The molecule has 0 aliphatic carbocycles. The van der Waals surface area contributed by atoms with Gasteiger partial charge in [-0.15, -0.1) is 0 Å². The number of nitrogens with zero attached hydrogens (tertiary/aromatic N) is 5. The maximum atomic E-state index is 12.6. The number of aromatic nitrogens is 4. The van der Waals surface area contributed by atoms with Crippen molar-refractivity contribution in [3.8, 4) is 11.6 Å². The van der Waals surface area contributed by atoms with Crippen LogP contribution in [0.5, 0.6) is 0 Å². The molecule has 0 spiro atoms. The van der Waals surface area contributed by atoms with E-state index in [-0.39, 0.29) is 11.6 Å². The zero-order valence-electron chi connectivity index (χ0n) is 17.3. The van der Waals surface area contributed by atoms with Gasteiger partial charge in [-0.2, -0.15) is 10.1 Å². The molecule has 0 fully saturated rings. The molecule has 0 radical (unpaired) electrons. The smallest absolute Gasteiger partial charge is 0.318 e. The second-order valence-corrected chi connectivity index (χ2v) is 8.43. The Hall–Kier alpha value is -3.16. The minimum absolute atomic E-state index is 0.0757. The highest BCUT2D eigenvalue weighted by Crippen LogP contribution is 2.29. The van der Waals surface area contributed by atoms with E-state index < -0.39 is 0 Å². The van der Waals surface area contributed by atoms with Gasteiger partial charge in [0.05, 0.1) is 6.54 Å². The maximum Gasteiger partial charge on any atom is 0.318 e. The van der Waals surface area contributed by atoms with Gasteiger partial charge < -0.3 is 14.7 Å². The molecule has 8 heteroatoms. The Kier molecular flexibility index (Phi) is 4.86. The number of rotatable bonds is 3. The Labute approximate surface area is 169 Å². The Balaban J connectivity index is 1.57. The average Bonchev–Trinajstić information content (AvgIpc) is 3.25. The highest BCUT2D eigenvalue weighted by Gasteiger charge is 2.30. The lowest BCUT2D eigenvalue weighted by Crippen LogP contribution is -2.49. The van der Waals surface area contributed by atoms with E-state index in [9.17, 15) is 4.79 Å². The molecule has 1 N–H and O–H groups in total. The van der Waals surface area contributed by atoms with Crippen molar-refractivity contribution in [2.24, 2.45) is 7.05 Å². The van der Waals surface area contributed by atoms with Crippen molar-refractivity contribution in [1.29, 1.82) is 0 Å². The summed E-state index contributed by atoms with van der Waals surface area (Å²) in [5.74, 6) is 1.01. The summed E-state index contributed by atoms with van der Waals surface area (Å²) in [7, 11) is 1.91. The van der Waals surface area contributed by atoms with E-state index in [4.69, 9.17) is 4.52 Å². The molecule has 0 unspecified atom stereocenters. The third-order valence-corrected chi connectivity index (χ3v) is 4.89. The van der Waals surface area contributed by atoms with Crippen LogP contribution >= 0.6 is 0 Å². The number of urea groups is 1. The Bertz CT molecular complexity index is 1020. The van der Waals surface area contributed by atoms with Gasteiger partial charge in [-0.25, -0.2) is 4.79 Å². The molecule has 2 aromatic heterocycles. The molecule has 1 aromatic carbocycles. The van der Waals surface area contributed by atoms with E-state index in [0.717, 1.165) is 23.2 Å². The quantitative estimate of drug-likeness (QED) is 0.738. The number of hydrogen-bond donors (Lipinski definition) is 1. The Morgan fingerprint density at radius 1 is 1.24 bits per heavy atom. The normalized spacial score (nSPS) is 14.0. The molecule has 0 saturated heterocycles. The van der Waals surface area contributed by atoms with Gasteiger partial charge in [0.1, 0.15) is 0 Å². The molecule has 1 aliphatic rings. The van der Waals surface area contributed by atoms with Gasteiger partial charge in [0, 0.05) is 43.2 Å². The average molecular weight is 394 g/mol. The fourth-order valence-electron chi connectivity index (χ4n) is 3.54. The van der Waals surface area contributed by atoms with E-state index in [1.807, 2.05) is 62.8 Å². The molecule has 0 bridgehead atoms. The number of fused-ring (bicyclic) bond motifs is 1. The van der Waals surface area contributed by atoms with Gasteiger partial charge in [0.25, 0.3) is 5.89 Å². The van der Waals surface area contributed by atoms with Crippen molar-refractivity contribution in [2.75, 3.05) is 6.54 Å². The van der Waals surface area contributed by atoms with Gasteiger partial charge in [-0.05, 0) is 26.3 Å². The van der Waals surface area contributed by atoms with Crippen LogP contribution in [0.2, 0.25) is 0 Å². The predicted molar refractivity (Wildman–Crippen MR) is 108 cm³/mol. The lowest BCUT2D eigenvalue weighted by atomic mass is 10.0. The molecular weight excluding hydrogens is 368 g/mol.